The topological polar surface area (TPSA) is 87.0 Å². The highest BCUT2D eigenvalue weighted by Crippen LogP contribution is 2.34. The number of carbonyl (C=O) groups is 1. The molecular formula is C19H23F3N2O4S. The van der Waals surface area contributed by atoms with Crippen LogP contribution in [-0.2, 0) is 20.8 Å². The summed E-state index contributed by atoms with van der Waals surface area (Å²) in [5, 5.41) is 10.8. The second kappa shape index (κ2) is 7.24. The first kappa shape index (κ1) is 23.1. The molecule has 1 aromatic rings. The molecule has 0 saturated heterocycles. The summed E-state index contributed by atoms with van der Waals surface area (Å²) >= 11 is 0. The smallest absolute Gasteiger partial charge is 0.282 e. The Kier molecular flexibility index (Phi) is 5.77. The van der Waals surface area contributed by atoms with E-state index < -0.39 is 38.7 Å². The number of nitrogens with zero attached hydrogens (tertiary/aromatic N) is 2. The van der Waals surface area contributed by atoms with Crippen LogP contribution in [0.3, 0.4) is 0 Å². The van der Waals surface area contributed by atoms with E-state index in [1.165, 1.54) is 19.9 Å². The maximum atomic E-state index is 12.6. The summed E-state index contributed by atoms with van der Waals surface area (Å²) in [4.78, 5) is 16.0. The zero-order chi connectivity index (χ0) is 22.4. The highest BCUT2D eigenvalue weighted by Gasteiger charge is 2.38. The van der Waals surface area contributed by atoms with Crippen molar-refractivity contribution >= 4 is 21.6 Å². The molecule has 1 N–H and O–H groups in total. The van der Waals surface area contributed by atoms with Crippen molar-refractivity contribution in [1.29, 1.82) is 0 Å². The minimum Gasteiger partial charge on any atom is -0.282 e. The number of halogens is 3. The number of carbonyl (C=O) groups excluding carboxylic acids is 1. The zero-order valence-corrected chi connectivity index (χ0v) is 17.5. The molecule has 0 bridgehead atoms. The fourth-order valence-electron chi connectivity index (χ4n) is 2.64. The molecule has 0 aromatic heterocycles. The lowest BCUT2D eigenvalue weighted by molar-refractivity contribution is -0.137. The fourth-order valence-corrected chi connectivity index (χ4v) is 4.43. The van der Waals surface area contributed by atoms with Crippen molar-refractivity contribution in [2.75, 3.05) is 5.75 Å². The summed E-state index contributed by atoms with van der Waals surface area (Å²) in [6, 6.07) is 3.09. The van der Waals surface area contributed by atoms with Crippen molar-refractivity contribution in [3.63, 3.8) is 0 Å². The normalized spacial score (nSPS) is 17.2. The van der Waals surface area contributed by atoms with Gasteiger partial charge < -0.3 is 0 Å². The monoisotopic (exact) mass is 432 g/mol. The Labute approximate surface area is 167 Å². The third-order valence-corrected chi connectivity index (χ3v) is 6.46. The number of sulfone groups is 1. The molecule has 1 aromatic carbocycles. The molecule has 0 radical (unpaired) electrons. The highest BCUT2D eigenvalue weighted by atomic mass is 32.2. The number of benzene rings is 1. The lowest BCUT2D eigenvalue weighted by Crippen LogP contribution is -2.42. The molecule has 1 aliphatic rings. The van der Waals surface area contributed by atoms with Gasteiger partial charge in [-0.25, -0.2) is 13.5 Å². The second-order valence-electron chi connectivity index (χ2n) is 8.53. The molecule has 0 fully saturated rings. The predicted molar refractivity (Wildman–Crippen MR) is 101 cm³/mol. The van der Waals surface area contributed by atoms with Crippen LogP contribution in [0.4, 0.5) is 13.2 Å². The third-order valence-electron chi connectivity index (χ3n) is 4.37. The lowest BCUT2D eigenvalue weighted by atomic mass is 9.88. The molecule has 0 saturated carbocycles. The van der Waals surface area contributed by atoms with E-state index in [4.69, 9.17) is 0 Å². The molecule has 0 aliphatic carbocycles. The summed E-state index contributed by atoms with van der Waals surface area (Å²) < 4.78 is 63.1. The van der Waals surface area contributed by atoms with E-state index >= 15 is 0 Å². The summed E-state index contributed by atoms with van der Waals surface area (Å²) in [5.74, 6) is -1.42. The summed E-state index contributed by atoms with van der Waals surface area (Å²) in [5.41, 5.74) is -2.23. The molecule has 1 aliphatic heterocycles. The molecule has 1 amide bonds. The first-order valence-corrected chi connectivity index (χ1v) is 10.3. The summed E-state index contributed by atoms with van der Waals surface area (Å²) in [7, 11) is -4.05. The minimum absolute atomic E-state index is 0.0000666. The van der Waals surface area contributed by atoms with Crippen molar-refractivity contribution in [3.8, 4) is 0 Å². The van der Waals surface area contributed by atoms with E-state index in [-0.39, 0.29) is 16.1 Å². The van der Waals surface area contributed by atoms with E-state index in [0.29, 0.717) is 17.8 Å². The van der Waals surface area contributed by atoms with E-state index in [2.05, 4.69) is 4.99 Å². The zero-order valence-electron chi connectivity index (χ0n) is 16.7. The molecule has 0 spiro atoms. The van der Waals surface area contributed by atoms with Crippen LogP contribution in [0, 0.1) is 10.8 Å². The molecule has 0 atom stereocenters. The van der Waals surface area contributed by atoms with Gasteiger partial charge in [0.25, 0.3) is 5.91 Å². The largest absolute Gasteiger partial charge is 0.416 e. The van der Waals surface area contributed by atoms with Crippen LogP contribution in [0.5, 0.6) is 0 Å². The van der Waals surface area contributed by atoms with Gasteiger partial charge in [0.05, 0.1) is 27.3 Å². The average molecular weight is 432 g/mol. The number of aliphatic imine (C=N–C) groups is 1. The lowest BCUT2D eigenvalue weighted by Gasteiger charge is -2.36. The first-order chi connectivity index (χ1) is 12.9. The number of amides is 1. The van der Waals surface area contributed by atoms with Crippen LogP contribution in [0.2, 0.25) is 0 Å². The van der Waals surface area contributed by atoms with Crippen LogP contribution in [0.25, 0.3) is 0 Å². The average Bonchev–Trinajstić information content (AvgIpc) is 2.54. The Balaban J connectivity index is 2.21. The molecule has 160 valence electrons. The van der Waals surface area contributed by atoms with Crippen LogP contribution in [-0.4, -0.2) is 36.2 Å². The number of amidine groups is 1. The van der Waals surface area contributed by atoms with E-state index in [1.54, 1.807) is 0 Å². The van der Waals surface area contributed by atoms with Gasteiger partial charge in [0, 0.05) is 11.5 Å². The van der Waals surface area contributed by atoms with Crippen molar-refractivity contribution in [1.82, 2.24) is 5.06 Å². The van der Waals surface area contributed by atoms with Gasteiger partial charge in [-0.2, -0.15) is 18.2 Å². The number of hydroxylamine groups is 2. The number of hydrogen-bond acceptors (Lipinski definition) is 4. The molecule has 2 rings (SSSR count). The van der Waals surface area contributed by atoms with Crippen LogP contribution in [0.15, 0.2) is 45.9 Å². The van der Waals surface area contributed by atoms with Crippen molar-refractivity contribution in [3.05, 3.63) is 41.6 Å². The van der Waals surface area contributed by atoms with Crippen molar-refractivity contribution in [2.24, 2.45) is 15.8 Å². The minimum atomic E-state index is -4.58. The van der Waals surface area contributed by atoms with Crippen LogP contribution >= 0.6 is 0 Å². The Morgan fingerprint density at radius 2 is 1.59 bits per heavy atom. The molecule has 29 heavy (non-hydrogen) atoms. The third kappa shape index (κ3) is 5.05. The van der Waals surface area contributed by atoms with Crippen molar-refractivity contribution < 1.29 is 31.6 Å². The Morgan fingerprint density at radius 3 is 2.00 bits per heavy atom. The van der Waals surface area contributed by atoms with Gasteiger partial charge in [-0.15, -0.1) is 0 Å². The van der Waals surface area contributed by atoms with Gasteiger partial charge in [0.15, 0.2) is 15.7 Å². The van der Waals surface area contributed by atoms with Gasteiger partial charge in [-0.3, -0.25) is 10.0 Å². The predicted octanol–water partition coefficient (Wildman–Crippen LogP) is 4.07. The Morgan fingerprint density at radius 1 is 1.07 bits per heavy atom. The van der Waals surface area contributed by atoms with Gasteiger partial charge in [0.1, 0.15) is 0 Å². The van der Waals surface area contributed by atoms with Crippen LogP contribution in [0.1, 0.15) is 40.2 Å². The van der Waals surface area contributed by atoms with Gasteiger partial charge in [-0.05, 0) is 38.1 Å². The molecule has 1 heterocycles. The molecule has 0 unspecified atom stereocenters. The SMILES string of the molecule is CC(C)(C)C1=CC(=NC(=O)C(C)(C)CS(=O)(=O)c2ccc(C(F)(F)F)cc2)N1O. The number of alkyl halides is 3. The Bertz CT molecular complexity index is 970. The number of rotatable bonds is 4. The van der Waals surface area contributed by atoms with Gasteiger partial charge in [0.2, 0.25) is 0 Å². The van der Waals surface area contributed by atoms with E-state index in [1.807, 2.05) is 20.8 Å². The quantitative estimate of drug-likeness (QED) is 0.775. The standard InChI is InChI=1S/C19H23F3N2O4S/c1-17(2,3)14-10-15(24(14)26)23-16(25)18(4,5)11-29(27,28)13-8-6-12(7-9-13)19(20,21)22/h6-10,26H,11H2,1-5H3. The molecule has 6 nitrogen and oxygen atoms in total. The highest BCUT2D eigenvalue weighted by molar-refractivity contribution is 7.91. The molecule has 10 heteroatoms. The van der Waals surface area contributed by atoms with Gasteiger partial charge >= 0.3 is 6.18 Å². The first-order valence-electron chi connectivity index (χ1n) is 8.69. The Hall–Kier alpha value is -2.20. The summed E-state index contributed by atoms with van der Waals surface area (Å²) in [6.45, 7) is 8.33. The maximum Gasteiger partial charge on any atom is 0.416 e. The number of hydrogen-bond donors (Lipinski definition) is 1. The maximum absolute atomic E-state index is 12.6. The fraction of sp³-hybridized carbons (Fsp3) is 0.474. The van der Waals surface area contributed by atoms with Crippen molar-refractivity contribution in [2.45, 2.75) is 45.7 Å². The van der Waals surface area contributed by atoms with E-state index in [9.17, 15) is 31.6 Å². The summed E-state index contributed by atoms with van der Waals surface area (Å²) in [6.07, 6.45) is -3.05. The van der Waals surface area contributed by atoms with E-state index in [0.717, 1.165) is 17.2 Å². The second-order valence-corrected chi connectivity index (χ2v) is 10.5. The molecular weight excluding hydrogens is 409 g/mol. The van der Waals surface area contributed by atoms with Crippen LogP contribution < -0.4 is 0 Å². The van der Waals surface area contributed by atoms with Gasteiger partial charge in [-0.1, -0.05) is 20.8 Å². The number of allylic oxidation sites excluding steroid dienone is 1.